The molecule has 4 N–H and O–H groups in total. The largest absolute Gasteiger partial charge is 0.455 e. The van der Waals surface area contributed by atoms with Gasteiger partial charge in [-0.3, -0.25) is 4.79 Å². The van der Waals surface area contributed by atoms with Gasteiger partial charge in [0.05, 0.1) is 36.6 Å². The molecule has 0 radical (unpaired) electrons. The molecule has 0 aromatic heterocycles. The van der Waals surface area contributed by atoms with Crippen molar-refractivity contribution in [3.05, 3.63) is 11.6 Å². The van der Waals surface area contributed by atoms with Gasteiger partial charge in [-0.05, 0) is 64.4 Å². The summed E-state index contributed by atoms with van der Waals surface area (Å²) < 4.78 is 11.1. The minimum atomic E-state index is -0.739. The lowest BCUT2D eigenvalue weighted by Crippen LogP contribution is -2.31. The number of hydrogen-bond acceptors (Lipinski definition) is 8. The minimum Gasteiger partial charge on any atom is -0.455 e. The summed E-state index contributed by atoms with van der Waals surface area (Å²) in [6, 6.07) is 0. The fourth-order valence-electron chi connectivity index (χ4n) is 6.34. The van der Waals surface area contributed by atoms with Crippen molar-refractivity contribution in [3.63, 3.8) is 0 Å². The third-order valence-electron chi connectivity index (χ3n) is 8.99. The first kappa shape index (κ1) is 37.9. The van der Waals surface area contributed by atoms with E-state index in [1.807, 2.05) is 0 Å². The predicted octanol–water partition coefficient (Wildman–Crippen LogP) is 6.24. The molecule has 0 saturated carbocycles. The van der Waals surface area contributed by atoms with Crippen LogP contribution in [0.25, 0.3) is 0 Å². The molecule has 1 saturated heterocycles. The molecule has 8 heteroatoms. The Hall–Kier alpha value is -1.32. The van der Waals surface area contributed by atoms with Crippen LogP contribution in [0.15, 0.2) is 11.6 Å². The first-order chi connectivity index (χ1) is 20.7. The maximum atomic E-state index is 12.3. The third kappa shape index (κ3) is 16.5. The summed E-state index contributed by atoms with van der Waals surface area (Å²) in [7, 11) is 0. The molecule has 0 spiro atoms. The Labute approximate surface area is 260 Å². The van der Waals surface area contributed by atoms with Gasteiger partial charge in [0, 0.05) is 24.8 Å². The van der Waals surface area contributed by atoms with E-state index in [0.29, 0.717) is 50.5 Å². The Morgan fingerprint density at radius 2 is 1.30 bits per heavy atom. The van der Waals surface area contributed by atoms with Crippen LogP contribution in [0.1, 0.15) is 155 Å². The number of aliphatic hydroxyl groups is 4. The Morgan fingerprint density at radius 3 is 1.86 bits per heavy atom. The minimum absolute atomic E-state index is 0.00246. The smallest absolute Gasteiger partial charge is 0.334 e. The first-order valence-corrected chi connectivity index (χ1v) is 17.5. The van der Waals surface area contributed by atoms with Gasteiger partial charge in [0.15, 0.2) is 0 Å². The Bertz CT molecular complexity index is 799. The second-order valence-electron chi connectivity index (χ2n) is 13.1. The van der Waals surface area contributed by atoms with Crippen LogP contribution in [0.3, 0.4) is 0 Å². The molecule has 2 aliphatic heterocycles. The number of rotatable bonds is 26. The lowest BCUT2D eigenvalue weighted by molar-refractivity contribution is -0.139. The van der Waals surface area contributed by atoms with Crippen molar-refractivity contribution in [1.82, 2.24) is 0 Å². The Balaban J connectivity index is 1.45. The van der Waals surface area contributed by atoms with Crippen LogP contribution in [0, 0.1) is 0 Å². The number of ketones is 1. The quantitative estimate of drug-likeness (QED) is 0.0668. The topological polar surface area (TPSA) is 134 Å². The van der Waals surface area contributed by atoms with Gasteiger partial charge in [0.1, 0.15) is 11.9 Å². The van der Waals surface area contributed by atoms with E-state index < -0.39 is 24.4 Å². The van der Waals surface area contributed by atoms with Crippen LogP contribution in [-0.2, 0) is 19.1 Å². The molecule has 7 atom stereocenters. The van der Waals surface area contributed by atoms with Crippen LogP contribution in [-0.4, -0.2) is 74.9 Å². The summed E-state index contributed by atoms with van der Waals surface area (Å²) in [4.78, 5) is 23.9. The van der Waals surface area contributed by atoms with E-state index in [4.69, 9.17) is 9.47 Å². The number of esters is 1. The van der Waals surface area contributed by atoms with E-state index >= 15 is 0 Å². The number of Topliss-reactive ketones (excluding diaryl/α,β-unsaturated/α-hetero) is 1. The molecule has 2 aliphatic rings. The Morgan fingerprint density at radius 1 is 0.767 bits per heavy atom. The van der Waals surface area contributed by atoms with Gasteiger partial charge in [-0.25, -0.2) is 4.79 Å². The van der Waals surface area contributed by atoms with Gasteiger partial charge in [-0.2, -0.15) is 0 Å². The van der Waals surface area contributed by atoms with Gasteiger partial charge in [0.25, 0.3) is 0 Å². The molecule has 2 rings (SSSR count). The molecule has 1 unspecified atom stereocenters. The molecule has 250 valence electrons. The molecular weight excluding hydrogens is 548 g/mol. The summed E-state index contributed by atoms with van der Waals surface area (Å²) >= 11 is 0. The van der Waals surface area contributed by atoms with Crippen molar-refractivity contribution < 1.29 is 39.5 Å². The van der Waals surface area contributed by atoms with Crippen molar-refractivity contribution in [2.24, 2.45) is 0 Å². The third-order valence-corrected chi connectivity index (χ3v) is 8.99. The zero-order valence-corrected chi connectivity index (χ0v) is 27.1. The summed E-state index contributed by atoms with van der Waals surface area (Å²) in [5, 5.41) is 41.6. The van der Waals surface area contributed by atoms with Crippen molar-refractivity contribution in [3.8, 4) is 0 Å². The van der Waals surface area contributed by atoms with Crippen LogP contribution in [0.4, 0.5) is 0 Å². The van der Waals surface area contributed by atoms with Gasteiger partial charge < -0.3 is 29.9 Å². The molecule has 0 amide bonds. The first-order valence-electron chi connectivity index (χ1n) is 17.5. The second kappa shape index (κ2) is 22.2. The Kier molecular flexibility index (Phi) is 19.6. The molecule has 1 fully saturated rings. The van der Waals surface area contributed by atoms with Gasteiger partial charge in [-0.1, -0.05) is 77.6 Å². The maximum absolute atomic E-state index is 12.3. The molecule has 0 bridgehead atoms. The maximum Gasteiger partial charge on any atom is 0.334 e. The van der Waals surface area contributed by atoms with Gasteiger partial charge in [0.2, 0.25) is 0 Å². The van der Waals surface area contributed by atoms with Crippen molar-refractivity contribution in [2.75, 3.05) is 0 Å². The lowest BCUT2D eigenvalue weighted by Gasteiger charge is -2.22. The average Bonchev–Trinajstić information content (AvgIpc) is 3.58. The molecule has 43 heavy (non-hydrogen) atoms. The number of carbonyl (C=O) groups excluding carboxylic acids is 2. The van der Waals surface area contributed by atoms with Crippen LogP contribution >= 0.6 is 0 Å². The lowest BCUT2D eigenvalue weighted by atomic mass is 9.98. The average molecular weight is 611 g/mol. The summed E-state index contributed by atoms with van der Waals surface area (Å²) in [6.07, 6.45) is 17.6. The van der Waals surface area contributed by atoms with Crippen molar-refractivity contribution in [2.45, 2.75) is 198 Å². The zero-order chi connectivity index (χ0) is 31.5. The van der Waals surface area contributed by atoms with E-state index in [1.54, 1.807) is 13.0 Å². The van der Waals surface area contributed by atoms with Crippen LogP contribution in [0.5, 0.6) is 0 Å². The highest BCUT2D eigenvalue weighted by atomic mass is 16.5. The highest BCUT2D eigenvalue weighted by Crippen LogP contribution is 2.28. The van der Waals surface area contributed by atoms with Crippen molar-refractivity contribution >= 4 is 11.8 Å². The molecule has 0 aromatic carbocycles. The fraction of sp³-hybridized carbons (Fsp3) is 0.886. The normalized spacial score (nSPS) is 23.2. The predicted molar refractivity (Wildman–Crippen MR) is 169 cm³/mol. The molecule has 2 heterocycles. The van der Waals surface area contributed by atoms with E-state index in [0.717, 1.165) is 32.1 Å². The summed E-state index contributed by atoms with van der Waals surface area (Å²) in [5.74, 6) is -0.374. The molecular formula is C35H62O8. The fourth-order valence-corrected chi connectivity index (χ4v) is 6.34. The monoisotopic (exact) mass is 610 g/mol. The van der Waals surface area contributed by atoms with E-state index in [-0.39, 0.29) is 42.9 Å². The number of unbranched alkanes of at least 4 members (excludes halogenated alkanes) is 10. The van der Waals surface area contributed by atoms with E-state index in [1.165, 1.54) is 51.4 Å². The van der Waals surface area contributed by atoms with E-state index in [2.05, 4.69) is 6.92 Å². The highest BCUT2D eigenvalue weighted by Gasteiger charge is 2.34. The van der Waals surface area contributed by atoms with E-state index in [9.17, 15) is 30.0 Å². The molecule has 0 aromatic rings. The SMILES string of the molecule is CCCCCCCCCCCC[C@H](O)[C@@H]1CC[C@H]([C@H](O)CCCCC(=O)CC(O)CCC[C@@H](O)CC2=C[C@H](C)OC2=O)O1. The second-order valence-corrected chi connectivity index (χ2v) is 13.1. The molecule has 0 aliphatic carbocycles. The van der Waals surface area contributed by atoms with Crippen LogP contribution in [0.2, 0.25) is 0 Å². The van der Waals surface area contributed by atoms with Gasteiger partial charge >= 0.3 is 5.97 Å². The number of hydrogen-bond donors (Lipinski definition) is 4. The number of aliphatic hydroxyl groups excluding tert-OH is 4. The highest BCUT2D eigenvalue weighted by molar-refractivity contribution is 5.90. The standard InChI is InChI=1S/C35H62O8/c1-3-4-5-6-7-8-9-10-11-12-19-31(39)33-21-22-34(43-33)32(40)20-14-13-16-29(37)25-30(38)18-15-17-28(36)24-27-23-26(2)42-35(27)41/h23,26,28,30-34,36,38-40H,3-22,24-25H2,1-2H3/t26-,28+,30?,31-,32+,33-,34+/m0/s1. The van der Waals surface area contributed by atoms with Crippen molar-refractivity contribution in [1.29, 1.82) is 0 Å². The zero-order valence-electron chi connectivity index (χ0n) is 27.1. The molecule has 8 nitrogen and oxygen atoms in total. The summed E-state index contributed by atoms with van der Waals surface area (Å²) in [5.41, 5.74) is 0.498. The van der Waals surface area contributed by atoms with Crippen LogP contribution < -0.4 is 0 Å². The number of cyclic esters (lactones) is 1. The number of ether oxygens (including phenoxy) is 2. The summed E-state index contributed by atoms with van der Waals surface area (Å²) in [6.45, 7) is 4.02. The number of carbonyl (C=O) groups is 2. The van der Waals surface area contributed by atoms with Gasteiger partial charge in [-0.15, -0.1) is 0 Å².